The van der Waals surface area contributed by atoms with Crippen LogP contribution in [0.1, 0.15) is 0 Å². The number of alkyl halides is 5. The fourth-order valence-electron chi connectivity index (χ4n) is 0.320. The van der Waals surface area contributed by atoms with Gasteiger partial charge in [-0.3, -0.25) is 4.74 Å². The highest BCUT2D eigenvalue weighted by molar-refractivity contribution is 4.64. The second-order valence-corrected chi connectivity index (χ2v) is 1.61. The summed E-state index contributed by atoms with van der Waals surface area (Å²) < 4.78 is 63.0. The molecule has 0 saturated heterocycles. The molecule has 0 fully saturated rings. The molecule has 0 rings (SSSR count). The Kier molecular flexibility index (Phi) is 3.59. The number of hydrogen-bond acceptors (Lipinski definition) is 2. The summed E-state index contributed by atoms with van der Waals surface area (Å²) in [6.07, 6.45) is -9.22. The van der Waals surface area contributed by atoms with E-state index in [2.05, 4.69) is 16.1 Å². The Morgan fingerprint density at radius 1 is 1.17 bits per heavy atom. The molecule has 0 aliphatic heterocycles. The number of halogens is 5. The van der Waals surface area contributed by atoms with Gasteiger partial charge < -0.3 is 0 Å². The molecular formula is C5H5F5O2. The van der Waals surface area contributed by atoms with Crippen LogP contribution in [0.4, 0.5) is 22.0 Å². The molecule has 72 valence electrons. The Balaban J connectivity index is 3.94. The van der Waals surface area contributed by atoms with Crippen LogP contribution in [0.5, 0.6) is 0 Å². The summed E-state index contributed by atoms with van der Waals surface area (Å²) in [4.78, 5) is 0. The highest BCUT2D eigenvalue weighted by Gasteiger charge is 2.46. The van der Waals surface area contributed by atoms with Crippen LogP contribution >= 0.6 is 0 Å². The van der Waals surface area contributed by atoms with Crippen LogP contribution < -0.4 is 0 Å². The lowest BCUT2D eigenvalue weighted by molar-refractivity contribution is -0.495. The third kappa shape index (κ3) is 6.05. The summed E-state index contributed by atoms with van der Waals surface area (Å²) in [5.41, 5.74) is 0. The molecule has 2 nitrogen and oxygen atoms in total. The normalized spacial score (nSPS) is 13.1. The van der Waals surface area contributed by atoms with Gasteiger partial charge in [0, 0.05) is 0 Å². The summed E-state index contributed by atoms with van der Waals surface area (Å²) in [5, 5.41) is 0. The standard InChI is InChI=1S/C5H5F5O2/c1-2-3-11-5(9,10)12-4(6,7)8/h2H,1,3H2. The minimum absolute atomic E-state index is 0.733. The molecule has 0 spiro atoms. The van der Waals surface area contributed by atoms with Crippen molar-refractivity contribution in [1.82, 2.24) is 0 Å². The van der Waals surface area contributed by atoms with Crippen molar-refractivity contribution >= 4 is 0 Å². The van der Waals surface area contributed by atoms with Gasteiger partial charge in [-0.15, -0.1) is 28.5 Å². The van der Waals surface area contributed by atoms with Crippen molar-refractivity contribution in [3.63, 3.8) is 0 Å². The number of ether oxygens (including phenoxy) is 2. The average Bonchev–Trinajstić information content (AvgIpc) is 1.78. The Bertz CT molecular complexity index is 152. The summed E-state index contributed by atoms with van der Waals surface area (Å²) in [7, 11) is 0. The zero-order valence-corrected chi connectivity index (χ0v) is 5.70. The van der Waals surface area contributed by atoms with Gasteiger partial charge in [-0.05, 0) is 0 Å². The van der Waals surface area contributed by atoms with Gasteiger partial charge in [-0.25, -0.2) is 4.74 Å². The van der Waals surface area contributed by atoms with Crippen molar-refractivity contribution in [3.8, 4) is 0 Å². The van der Waals surface area contributed by atoms with Crippen molar-refractivity contribution in [3.05, 3.63) is 12.7 Å². The second-order valence-electron chi connectivity index (χ2n) is 1.61. The largest absolute Gasteiger partial charge is 0.529 e. The fourth-order valence-corrected chi connectivity index (χ4v) is 0.320. The summed E-state index contributed by atoms with van der Waals surface area (Å²) in [5.74, 6) is 0. The first-order valence-corrected chi connectivity index (χ1v) is 2.66. The van der Waals surface area contributed by atoms with Crippen molar-refractivity contribution in [1.29, 1.82) is 0 Å². The SMILES string of the molecule is C=CCOC(F)(F)OC(F)(F)F. The summed E-state index contributed by atoms with van der Waals surface area (Å²) in [6.45, 7) is 2.23. The Morgan fingerprint density at radius 3 is 2.00 bits per heavy atom. The van der Waals surface area contributed by atoms with E-state index in [1.807, 2.05) is 0 Å². The maximum absolute atomic E-state index is 11.9. The van der Waals surface area contributed by atoms with Crippen molar-refractivity contribution in [2.24, 2.45) is 0 Å². The molecule has 12 heavy (non-hydrogen) atoms. The molecule has 0 aliphatic rings. The molecule has 0 aromatic carbocycles. The molecular weight excluding hydrogens is 187 g/mol. The molecule has 0 heterocycles. The van der Waals surface area contributed by atoms with E-state index >= 15 is 0 Å². The second kappa shape index (κ2) is 3.81. The van der Waals surface area contributed by atoms with Crippen LogP contribution in [0, 0.1) is 0 Å². The van der Waals surface area contributed by atoms with Gasteiger partial charge in [0.15, 0.2) is 0 Å². The van der Waals surface area contributed by atoms with Gasteiger partial charge in [0.2, 0.25) is 0 Å². The van der Waals surface area contributed by atoms with Crippen molar-refractivity contribution in [2.45, 2.75) is 12.7 Å². The molecule has 0 amide bonds. The smallest absolute Gasteiger partial charge is 0.291 e. The lowest BCUT2D eigenvalue weighted by atomic mass is 10.7. The van der Waals surface area contributed by atoms with Crippen LogP contribution in [-0.4, -0.2) is 19.3 Å². The topological polar surface area (TPSA) is 18.5 Å². The van der Waals surface area contributed by atoms with Crippen LogP contribution in [-0.2, 0) is 9.47 Å². The molecule has 0 aliphatic carbocycles. The average molecular weight is 192 g/mol. The first-order chi connectivity index (χ1) is 5.27. The van der Waals surface area contributed by atoms with E-state index in [0.717, 1.165) is 6.08 Å². The maximum Gasteiger partial charge on any atom is 0.529 e. The molecule has 0 aromatic rings. The number of rotatable bonds is 4. The first-order valence-electron chi connectivity index (χ1n) is 2.66. The van der Waals surface area contributed by atoms with Gasteiger partial charge >= 0.3 is 12.7 Å². The first kappa shape index (κ1) is 11.3. The van der Waals surface area contributed by atoms with Crippen LogP contribution in [0.3, 0.4) is 0 Å². The number of hydrogen-bond donors (Lipinski definition) is 0. The Hall–Kier alpha value is -0.690. The minimum atomic E-state index is -5.43. The van der Waals surface area contributed by atoms with E-state index in [4.69, 9.17) is 0 Å². The molecule has 0 saturated carbocycles. The van der Waals surface area contributed by atoms with E-state index in [0.29, 0.717) is 0 Å². The van der Waals surface area contributed by atoms with E-state index < -0.39 is 19.3 Å². The van der Waals surface area contributed by atoms with E-state index in [1.54, 1.807) is 0 Å². The van der Waals surface area contributed by atoms with Crippen molar-refractivity contribution in [2.75, 3.05) is 6.61 Å². The van der Waals surface area contributed by atoms with E-state index in [9.17, 15) is 22.0 Å². The lowest BCUT2D eigenvalue weighted by Crippen LogP contribution is -2.32. The third-order valence-corrected chi connectivity index (χ3v) is 0.604. The molecule has 0 aromatic heterocycles. The molecule has 0 unspecified atom stereocenters. The Labute approximate surface area is 64.6 Å². The zero-order valence-electron chi connectivity index (χ0n) is 5.70. The third-order valence-electron chi connectivity index (χ3n) is 0.604. The van der Waals surface area contributed by atoms with Crippen molar-refractivity contribution < 1.29 is 31.4 Å². The fraction of sp³-hybridized carbons (Fsp3) is 0.600. The van der Waals surface area contributed by atoms with Crippen LogP contribution in [0.2, 0.25) is 0 Å². The predicted octanol–water partition coefficient (Wildman–Crippen LogP) is 2.28. The van der Waals surface area contributed by atoms with Gasteiger partial charge in [-0.1, -0.05) is 6.08 Å². The molecule has 0 radical (unpaired) electrons. The molecule has 0 atom stereocenters. The van der Waals surface area contributed by atoms with Gasteiger partial charge in [0.1, 0.15) is 0 Å². The monoisotopic (exact) mass is 192 g/mol. The summed E-state index contributed by atoms with van der Waals surface area (Å²) in [6, 6.07) is 0. The van der Waals surface area contributed by atoms with Crippen LogP contribution in [0.25, 0.3) is 0 Å². The molecule has 0 N–H and O–H groups in total. The van der Waals surface area contributed by atoms with Gasteiger partial charge in [0.25, 0.3) is 0 Å². The summed E-state index contributed by atoms with van der Waals surface area (Å²) >= 11 is 0. The van der Waals surface area contributed by atoms with E-state index in [1.165, 1.54) is 0 Å². The Morgan fingerprint density at radius 2 is 1.67 bits per heavy atom. The lowest BCUT2D eigenvalue weighted by Gasteiger charge is -2.16. The predicted molar refractivity (Wildman–Crippen MR) is 28.2 cm³/mol. The van der Waals surface area contributed by atoms with Crippen LogP contribution in [0.15, 0.2) is 12.7 Å². The molecule has 7 heteroatoms. The maximum atomic E-state index is 11.9. The zero-order chi connectivity index (χ0) is 9.83. The van der Waals surface area contributed by atoms with E-state index in [-0.39, 0.29) is 0 Å². The highest BCUT2D eigenvalue weighted by Crippen LogP contribution is 2.28. The highest BCUT2D eigenvalue weighted by atomic mass is 19.4. The minimum Gasteiger partial charge on any atom is -0.291 e. The van der Waals surface area contributed by atoms with Gasteiger partial charge in [-0.2, -0.15) is 0 Å². The quantitative estimate of drug-likeness (QED) is 0.386. The van der Waals surface area contributed by atoms with Gasteiger partial charge in [0.05, 0.1) is 6.61 Å². The molecule has 0 bridgehead atoms.